The summed E-state index contributed by atoms with van der Waals surface area (Å²) in [5.74, 6) is -0.419. The molecule has 136 valence electrons. The monoisotopic (exact) mass is 380 g/mol. The summed E-state index contributed by atoms with van der Waals surface area (Å²) >= 11 is 6.05. The number of hydrogen-bond acceptors (Lipinski definition) is 4. The van der Waals surface area contributed by atoms with Crippen molar-refractivity contribution >= 4 is 40.0 Å². The molecular weight excluding hydrogens is 364 g/mol. The minimum Gasteiger partial charge on any atom is -0.504 e. The Kier molecular flexibility index (Phi) is 5.57. The summed E-state index contributed by atoms with van der Waals surface area (Å²) in [5, 5.41) is 11.9. The number of ketones is 2. The van der Waals surface area contributed by atoms with Gasteiger partial charge in [-0.25, -0.2) is 0 Å². The van der Waals surface area contributed by atoms with Crippen LogP contribution < -0.4 is 4.74 Å². The van der Waals surface area contributed by atoms with Crippen molar-refractivity contribution in [3.05, 3.63) is 76.8 Å². The van der Waals surface area contributed by atoms with Gasteiger partial charge in [0.25, 0.3) is 0 Å². The summed E-state index contributed by atoms with van der Waals surface area (Å²) in [5.41, 5.74) is 1.01. The van der Waals surface area contributed by atoms with Crippen molar-refractivity contribution in [3.63, 3.8) is 0 Å². The molecule has 0 fully saturated rings. The van der Waals surface area contributed by atoms with Crippen molar-refractivity contribution in [1.29, 1.82) is 0 Å². The average molecular weight is 381 g/mol. The Balaban J connectivity index is 1.73. The summed E-state index contributed by atoms with van der Waals surface area (Å²) in [6.45, 7) is 0. The van der Waals surface area contributed by atoms with E-state index in [9.17, 15) is 14.7 Å². The van der Waals surface area contributed by atoms with Gasteiger partial charge in [-0.1, -0.05) is 48.0 Å². The van der Waals surface area contributed by atoms with E-state index in [4.69, 9.17) is 16.3 Å². The van der Waals surface area contributed by atoms with Gasteiger partial charge in [-0.15, -0.1) is 0 Å². The molecule has 3 aromatic carbocycles. The fourth-order valence-electron chi connectivity index (χ4n) is 2.71. The second-order valence-electron chi connectivity index (χ2n) is 6.01. The van der Waals surface area contributed by atoms with E-state index >= 15 is 0 Å². The zero-order valence-electron chi connectivity index (χ0n) is 14.6. The van der Waals surface area contributed by atoms with E-state index in [0.717, 1.165) is 10.8 Å². The molecule has 0 aliphatic carbocycles. The maximum Gasteiger partial charge on any atom is 0.170 e. The lowest BCUT2D eigenvalue weighted by Crippen LogP contribution is -2.05. The molecule has 0 atom stereocenters. The maximum absolute atomic E-state index is 12.4. The first-order chi connectivity index (χ1) is 13.0. The summed E-state index contributed by atoms with van der Waals surface area (Å²) in [7, 11) is 1.42. The minimum absolute atomic E-state index is 0.0857. The van der Waals surface area contributed by atoms with Crippen LogP contribution in [-0.2, 0) is 4.79 Å². The van der Waals surface area contributed by atoms with E-state index in [1.807, 2.05) is 30.3 Å². The zero-order valence-corrected chi connectivity index (χ0v) is 15.4. The number of ether oxygens (including phenoxy) is 1. The van der Waals surface area contributed by atoms with Crippen molar-refractivity contribution in [2.24, 2.45) is 0 Å². The Bertz CT molecular complexity index is 1050. The topological polar surface area (TPSA) is 63.6 Å². The molecule has 0 aromatic heterocycles. The number of methoxy groups -OCH3 is 1. The smallest absolute Gasteiger partial charge is 0.170 e. The molecule has 0 amide bonds. The number of carbonyl (C=O) groups excluding carboxylic acids is 2. The van der Waals surface area contributed by atoms with Crippen molar-refractivity contribution in [2.45, 2.75) is 6.42 Å². The third-order valence-corrected chi connectivity index (χ3v) is 4.48. The largest absolute Gasteiger partial charge is 0.504 e. The maximum atomic E-state index is 12.4. The fraction of sp³-hybridized carbons (Fsp3) is 0.0909. The SMILES string of the molecule is COc1cc(C=CC(=O)CC(=O)c2ccc3ccccc3c2)c(Cl)cc1O. The molecule has 0 saturated heterocycles. The number of Topliss-reactive ketones (excluding diaryl/α,β-unsaturated/α-hetero) is 1. The third-order valence-electron chi connectivity index (χ3n) is 4.15. The second-order valence-corrected chi connectivity index (χ2v) is 6.41. The van der Waals surface area contributed by atoms with Crippen molar-refractivity contribution in [3.8, 4) is 11.5 Å². The molecule has 5 heteroatoms. The Morgan fingerprint density at radius 3 is 2.56 bits per heavy atom. The van der Waals surface area contributed by atoms with E-state index in [2.05, 4.69) is 0 Å². The van der Waals surface area contributed by atoms with Crippen LogP contribution in [0.3, 0.4) is 0 Å². The van der Waals surface area contributed by atoms with E-state index in [1.165, 1.54) is 31.4 Å². The second kappa shape index (κ2) is 8.06. The first kappa shape index (κ1) is 18.7. The lowest BCUT2D eigenvalue weighted by atomic mass is 10.0. The summed E-state index contributed by atoms with van der Waals surface area (Å²) in [4.78, 5) is 24.6. The molecule has 0 unspecified atom stereocenters. The number of carbonyl (C=O) groups is 2. The Morgan fingerprint density at radius 2 is 1.81 bits per heavy atom. The molecule has 0 saturated carbocycles. The lowest BCUT2D eigenvalue weighted by Gasteiger charge is -2.06. The Hall–Kier alpha value is -3.11. The standard InChI is InChI=1S/C22H17ClO4/c1-27-22-11-16(19(23)13-21(22)26)8-9-18(24)12-20(25)17-7-6-14-4-2-3-5-15(14)10-17/h2-11,13,26H,12H2,1H3. The van der Waals surface area contributed by atoms with Gasteiger partial charge in [-0.05, 0) is 40.6 Å². The highest BCUT2D eigenvalue weighted by molar-refractivity contribution is 6.32. The van der Waals surface area contributed by atoms with E-state index in [0.29, 0.717) is 11.1 Å². The van der Waals surface area contributed by atoms with Gasteiger partial charge in [0.05, 0.1) is 18.6 Å². The molecule has 0 aliphatic heterocycles. The first-order valence-corrected chi connectivity index (χ1v) is 8.65. The minimum atomic E-state index is -0.337. The number of fused-ring (bicyclic) bond motifs is 1. The van der Waals surface area contributed by atoms with Crippen LogP contribution in [0.25, 0.3) is 16.8 Å². The van der Waals surface area contributed by atoms with Gasteiger partial charge in [-0.3, -0.25) is 9.59 Å². The molecule has 0 aliphatic rings. The molecule has 1 N–H and O–H groups in total. The normalized spacial score (nSPS) is 11.0. The number of phenolic OH excluding ortho intramolecular Hbond substituents is 1. The van der Waals surface area contributed by atoms with Gasteiger partial charge in [0.15, 0.2) is 23.1 Å². The van der Waals surface area contributed by atoms with Gasteiger partial charge in [-0.2, -0.15) is 0 Å². The number of aromatic hydroxyl groups is 1. The predicted molar refractivity (Wildman–Crippen MR) is 107 cm³/mol. The summed E-state index contributed by atoms with van der Waals surface area (Å²) in [6.07, 6.45) is 2.57. The van der Waals surface area contributed by atoms with E-state index in [1.54, 1.807) is 12.1 Å². The van der Waals surface area contributed by atoms with Crippen LogP contribution in [0.5, 0.6) is 11.5 Å². The highest BCUT2D eigenvalue weighted by Crippen LogP contribution is 2.32. The van der Waals surface area contributed by atoms with Gasteiger partial charge in [0, 0.05) is 11.6 Å². The van der Waals surface area contributed by atoms with Crippen LogP contribution in [-0.4, -0.2) is 23.8 Å². The molecule has 0 bridgehead atoms. The van der Waals surface area contributed by atoms with Gasteiger partial charge < -0.3 is 9.84 Å². The molecule has 0 heterocycles. The van der Waals surface area contributed by atoms with Crippen LogP contribution in [0.15, 0.2) is 60.7 Å². The van der Waals surface area contributed by atoms with Crippen molar-refractivity contribution in [2.75, 3.05) is 7.11 Å². The highest BCUT2D eigenvalue weighted by Gasteiger charge is 2.11. The fourth-order valence-corrected chi connectivity index (χ4v) is 2.94. The van der Waals surface area contributed by atoms with Crippen LogP contribution in [0.1, 0.15) is 22.3 Å². The summed E-state index contributed by atoms with van der Waals surface area (Å²) in [6, 6.07) is 16.0. The average Bonchev–Trinajstić information content (AvgIpc) is 2.67. The van der Waals surface area contributed by atoms with Crippen molar-refractivity contribution < 1.29 is 19.4 Å². The molecule has 27 heavy (non-hydrogen) atoms. The number of halogens is 1. The Labute approximate surface area is 161 Å². The highest BCUT2D eigenvalue weighted by atomic mass is 35.5. The van der Waals surface area contributed by atoms with Crippen LogP contribution >= 0.6 is 11.6 Å². The zero-order chi connectivity index (χ0) is 19.4. The molecule has 4 nitrogen and oxygen atoms in total. The molecule has 0 spiro atoms. The number of phenols is 1. The van der Waals surface area contributed by atoms with Gasteiger partial charge in [0.1, 0.15) is 0 Å². The van der Waals surface area contributed by atoms with E-state index < -0.39 is 0 Å². The first-order valence-electron chi connectivity index (χ1n) is 8.27. The van der Waals surface area contributed by atoms with Crippen LogP contribution in [0.4, 0.5) is 0 Å². The lowest BCUT2D eigenvalue weighted by molar-refractivity contribution is -0.113. The molecule has 0 radical (unpaired) electrons. The third kappa shape index (κ3) is 4.36. The predicted octanol–water partition coefficient (Wildman–Crippen LogP) is 5.06. The molecule has 3 aromatic rings. The van der Waals surface area contributed by atoms with Gasteiger partial charge in [0.2, 0.25) is 0 Å². The number of allylic oxidation sites excluding steroid dienone is 1. The number of hydrogen-bond donors (Lipinski definition) is 1. The van der Waals surface area contributed by atoms with Crippen LogP contribution in [0, 0.1) is 0 Å². The van der Waals surface area contributed by atoms with E-state index in [-0.39, 0.29) is 34.5 Å². The quantitative estimate of drug-likeness (QED) is 0.368. The molecule has 3 rings (SSSR count). The number of rotatable bonds is 6. The number of benzene rings is 3. The van der Waals surface area contributed by atoms with Crippen LogP contribution in [0.2, 0.25) is 5.02 Å². The van der Waals surface area contributed by atoms with Crippen molar-refractivity contribution in [1.82, 2.24) is 0 Å². The van der Waals surface area contributed by atoms with Gasteiger partial charge >= 0.3 is 0 Å². The summed E-state index contributed by atoms with van der Waals surface area (Å²) < 4.78 is 5.02. The Morgan fingerprint density at radius 1 is 1.07 bits per heavy atom. The molecular formula is C22H17ClO4.